The molecule has 1 aliphatic carbocycles. The molecule has 2 fully saturated rings. The van der Waals surface area contributed by atoms with Crippen molar-refractivity contribution in [1.29, 1.82) is 0 Å². The Morgan fingerprint density at radius 2 is 1.85 bits per heavy atom. The summed E-state index contributed by atoms with van der Waals surface area (Å²) in [5.41, 5.74) is 2.09. The van der Waals surface area contributed by atoms with Gasteiger partial charge in [-0.2, -0.15) is 0 Å². The first-order chi connectivity index (χ1) is 22.1. The summed E-state index contributed by atoms with van der Waals surface area (Å²) in [5.74, 6) is -2.97. The number of ether oxygens (including phenoxy) is 5. The largest absolute Gasteiger partial charge is 0.478 e. The zero-order valence-corrected chi connectivity index (χ0v) is 26.6. The first-order valence-corrected chi connectivity index (χ1v) is 15.8. The predicted octanol–water partition coefficient (Wildman–Crippen LogP) is 1.53. The number of nitrogens with zero attached hydrogens (tertiary/aromatic N) is 1. The Kier molecular flexibility index (Phi) is 13.0. The van der Waals surface area contributed by atoms with Crippen LogP contribution in [0.1, 0.15) is 46.0 Å². The maximum Gasteiger partial charge on any atom is 0.337 e. The van der Waals surface area contributed by atoms with Crippen LogP contribution in [0.4, 0.5) is 0 Å². The van der Waals surface area contributed by atoms with Crippen molar-refractivity contribution in [2.24, 2.45) is 11.8 Å². The lowest BCUT2D eigenvalue weighted by Gasteiger charge is -2.44. The Balaban J connectivity index is 1.73. The molecule has 0 aromatic rings. The molecule has 1 saturated heterocycles. The van der Waals surface area contributed by atoms with Crippen LogP contribution in [0.15, 0.2) is 59.1 Å². The van der Waals surface area contributed by atoms with E-state index in [2.05, 4.69) is 0 Å². The van der Waals surface area contributed by atoms with E-state index in [9.17, 15) is 35.1 Å². The van der Waals surface area contributed by atoms with Crippen molar-refractivity contribution in [3.05, 3.63) is 59.1 Å². The summed E-state index contributed by atoms with van der Waals surface area (Å²) in [6.45, 7) is 3.39. The molecule has 0 spiro atoms. The van der Waals surface area contributed by atoms with Crippen LogP contribution in [0.2, 0.25) is 0 Å². The number of hydrogen-bond donors (Lipinski definition) is 5. The minimum absolute atomic E-state index is 0.0574. The van der Waals surface area contributed by atoms with Gasteiger partial charge in [0.2, 0.25) is 6.29 Å². The van der Waals surface area contributed by atoms with Crippen molar-refractivity contribution in [1.82, 2.24) is 4.90 Å². The molecule has 1 saturated carbocycles. The highest BCUT2D eigenvalue weighted by Crippen LogP contribution is 2.39. The molecule has 0 aromatic heterocycles. The zero-order valence-electron chi connectivity index (χ0n) is 26.6. The molecule has 3 heterocycles. The van der Waals surface area contributed by atoms with Gasteiger partial charge < -0.3 is 54.1 Å². The second-order valence-electron chi connectivity index (χ2n) is 12.2. The number of allylic oxidation sites excluding steroid dienone is 2. The molecule has 0 unspecified atom stereocenters. The van der Waals surface area contributed by atoms with Gasteiger partial charge in [0.05, 0.1) is 49.8 Å². The number of aliphatic carboxylic acids is 1. The Morgan fingerprint density at radius 1 is 1.11 bits per heavy atom. The molecule has 0 amide bonds. The summed E-state index contributed by atoms with van der Waals surface area (Å²) < 4.78 is 29.3. The fourth-order valence-electron chi connectivity index (χ4n) is 6.20. The molecule has 0 aromatic carbocycles. The van der Waals surface area contributed by atoms with Crippen LogP contribution in [-0.4, -0.2) is 119 Å². The van der Waals surface area contributed by atoms with E-state index >= 15 is 0 Å². The van der Waals surface area contributed by atoms with Crippen molar-refractivity contribution in [2.75, 3.05) is 33.4 Å². The summed E-state index contributed by atoms with van der Waals surface area (Å²) in [6.07, 6.45) is 6.99. The van der Waals surface area contributed by atoms with Crippen LogP contribution in [-0.2, 0) is 33.3 Å². The molecule has 13 nitrogen and oxygen atoms in total. The Morgan fingerprint density at radius 3 is 2.48 bits per heavy atom. The highest BCUT2D eigenvalue weighted by atomic mass is 16.8. The van der Waals surface area contributed by atoms with E-state index in [0.29, 0.717) is 12.1 Å². The summed E-state index contributed by atoms with van der Waals surface area (Å²) in [7, 11) is 1.27. The summed E-state index contributed by atoms with van der Waals surface area (Å²) in [5, 5.41) is 50.4. The van der Waals surface area contributed by atoms with Crippen LogP contribution in [0.25, 0.3) is 0 Å². The third kappa shape index (κ3) is 8.85. The number of aliphatic hydroxyl groups excluding tert-OH is 4. The standard InChI is InChI=1S/C33H47NO12/c1-19(2)44-29-28(38)27(37)26(17-36)45-33(29)46-32-24(14-20-7-5-4-6-8-20)23(25(18-43-32)31(41)42-3)10-9-21-13-22(30(39)40)16-34(15-21)11-12-35/h9-10,13-14,16,18-19,23-24,26-29,32-33,35-38H,4-8,11-12,15,17H2,1-3H3,(H,39,40)/b10-9+/t23-,24+,26+,27+,28-,29+,32-,33-/m0/s1. The second kappa shape index (κ2) is 16.7. The van der Waals surface area contributed by atoms with Gasteiger partial charge in [0.25, 0.3) is 0 Å². The average Bonchev–Trinajstić information content (AvgIpc) is 3.04. The van der Waals surface area contributed by atoms with Gasteiger partial charge in [0.1, 0.15) is 24.4 Å². The minimum atomic E-state index is -1.43. The normalized spacial score (nSPS) is 32.0. The summed E-state index contributed by atoms with van der Waals surface area (Å²) in [4.78, 5) is 26.6. The topological polar surface area (TPSA) is 185 Å². The van der Waals surface area contributed by atoms with E-state index in [-0.39, 0.29) is 30.4 Å². The van der Waals surface area contributed by atoms with Crippen molar-refractivity contribution >= 4 is 11.9 Å². The molecule has 5 N–H and O–H groups in total. The van der Waals surface area contributed by atoms with Crippen LogP contribution in [0.5, 0.6) is 0 Å². The van der Waals surface area contributed by atoms with E-state index in [1.54, 1.807) is 37.0 Å². The minimum Gasteiger partial charge on any atom is -0.478 e. The summed E-state index contributed by atoms with van der Waals surface area (Å²) >= 11 is 0. The lowest BCUT2D eigenvalue weighted by atomic mass is 9.80. The van der Waals surface area contributed by atoms with Crippen molar-refractivity contribution in [3.63, 3.8) is 0 Å². The highest BCUT2D eigenvalue weighted by Gasteiger charge is 2.49. The molecule has 3 aliphatic heterocycles. The number of carbonyl (C=O) groups is 2. The van der Waals surface area contributed by atoms with Crippen LogP contribution < -0.4 is 0 Å². The first kappa shape index (κ1) is 35.8. The van der Waals surface area contributed by atoms with Gasteiger partial charge in [-0.3, -0.25) is 0 Å². The smallest absolute Gasteiger partial charge is 0.337 e. The maximum absolute atomic E-state index is 13.0. The lowest BCUT2D eigenvalue weighted by Crippen LogP contribution is -2.61. The number of β-amino-alcohol motifs (C(OH)–C–C–N with tert-alkyl or cyclic N) is 1. The molecule has 0 bridgehead atoms. The molecule has 4 rings (SSSR count). The van der Waals surface area contributed by atoms with Crippen LogP contribution in [0.3, 0.4) is 0 Å². The van der Waals surface area contributed by atoms with Crippen molar-refractivity contribution in [2.45, 2.75) is 89.1 Å². The number of carboxylic acid groups (broad SMARTS) is 1. The highest BCUT2D eigenvalue weighted by molar-refractivity contribution is 5.90. The Bertz CT molecular complexity index is 1210. The van der Waals surface area contributed by atoms with Gasteiger partial charge in [0, 0.05) is 25.2 Å². The molecule has 4 aliphatic rings. The van der Waals surface area contributed by atoms with Crippen molar-refractivity contribution in [3.8, 4) is 0 Å². The molecule has 256 valence electrons. The quantitative estimate of drug-likeness (QED) is 0.152. The molecule has 46 heavy (non-hydrogen) atoms. The molecule has 8 atom stereocenters. The van der Waals surface area contributed by atoms with Gasteiger partial charge in [-0.15, -0.1) is 0 Å². The van der Waals surface area contributed by atoms with Gasteiger partial charge in [0.15, 0.2) is 6.29 Å². The van der Waals surface area contributed by atoms with E-state index < -0.39 is 67.4 Å². The van der Waals surface area contributed by atoms with Gasteiger partial charge in [-0.1, -0.05) is 30.2 Å². The first-order valence-electron chi connectivity index (χ1n) is 15.8. The molecular formula is C33H47NO12. The molecule has 13 heteroatoms. The monoisotopic (exact) mass is 649 g/mol. The van der Waals surface area contributed by atoms with Gasteiger partial charge in [-0.25, -0.2) is 9.59 Å². The average molecular weight is 650 g/mol. The fraction of sp³-hybridized carbons (Fsp3) is 0.636. The van der Waals surface area contributed by atoms with E-state index in [0.717, 1.165) is 32.1 Å². The maximum atomic E-state index is 13.0. The van der Waals surface area contributed by atoms with Gasteiger partial charge >= 0.3 is 11.9 Å². The van der Waals surface area contributed by atoms with Crippen molar-refractivity contribution < 1.29 is 58.8 Å². The number of carboxylic acids is 1. The number of carbonyl (C=O) groups excluding carboxylic acids is 1. The third-order valence-electron chi connectivity index (χ3n) is 8.48. The zero-order chi connectivity index (χ0) is 33.4. The summed E-state index contributed by atoms with van der Waals surface area (Å²) in [6, 6.07) is 0. The number of hydrogen-bond acceptors (Lipinski definition) is 12. The number of methoxy groups -OCH3 is 1. The lowest BCUT2D eigenvalue weighted by molar-refractivity contribution is -0.348. The molecular weight excluding hydrogens is 602 g/mol. The fourth-order valence-corrected chi connectivity index (χ4v) is 6.20. The van der Waals surface area contributed by atoms with E-state index in [1.165, 1.54) is 25.1 Å². The SMILES string of the molecule is COC(=O)C1=CO[C@@H](O[C@@H]2O[C@H](CO)[C@@H](O)[C@H](O)[C@H]2OC(C)C)[C@H](C=C2CCCCC2)[C@@H]1/C=C/C1=CC(C(=O)O)=CN(CCO)C1. The van der Waals surface area contributed by atoms with Crippen LogP contribution >= 0.6 is 0 Å². The molecule has 0 radical (unpaired) electrons. The number of rotatable bonds is 12. The van der Waals surface area contributed by atoms with E-state index in [1.807, 2.05) is 6.08 Å². The Hall–Kier alpha value is -3.04. The third-order valence-corrected chi connectivity index (χ3v) is 8.48. The predicted molar refractivity (Wildman–Crippen MR) is 164 cm³/mol. The van der Waals surface area contributed by atoms with Gasteiger partial charge in [-0.05, 0) is 51.2 Å². The number of aliphatic hydroxyl groups is 4. The van der Waals surface area contributed by atoms with E-state index in [4.69, 9.17) is 23.7 Å². The van der Waals surface area contributed by atoms with Crippen LogP contribution in [0, 0.1) is 11.8 Å². The Labute approximate surface area is 269 Å². The second-order valence-corrected chi connectivity index (χ2v) is 12.2. The number of esters is 1.